The Hall–Kier alpha value is -3.07. The predicted molar refractivity (Wildman–Crippen MR) is 103 cm³/mol. The van der Waals surface area contributed by atoms with Crippen LogP contribution in [-0.2, 0) is 0 Å². The highest BCUT2D eigenvalue weighted by molar-refractivity contribution is 6.36. The molecule has 3 aromatic rings. The fourth-order valence-electron chi connectivity index (χ4n) is 2.22. The molecule has 1 aromatic heterocycles. The first-order valence-corrected chi connectivity index (χ1v) is 8.31. The van der Waals surface area contributed by atoms with Crippen LogP contribution in [0.2, 0.25) is 10.0 Å². The Morgan fingerprint density at radius 1 is 1.04 bits per heavy atom. The molecular formula is C19H12Cl2N4O. The molecule has 0 aliphatic carbocycles. The van der Waals surface area contributed by atoms with E-state index in [4.69, 9.17) is 28.5 Å². The summed E-state index contributed by atoms with van der Waals surface area (Å²) in [6, 6.07) is 17.2. The Morgan fingerprint density at radius 2 is 1.85 bits per heavy atom. The molecule has 0 aliphatic heterocycles. The van der Waals surface area contributed by atoms with Gasteiger partial charge < -0.3 is 10.6 Å². The van der Waals surface area contributed by atoms with Crippen molar-refractivity contribution in [2.75, 3.05) is 10.6 Å². The first kappa shape index (κ1) is 17.7. The number of hydrogen-bond acceptors (Lipinski definition) is 4. The lowest BCUT2D eigenvalue weighted by molar-refractivity contribution is 0.102. The lowest BCUT2D eigenvalue weighted by Crippen LogP contribution is -2.14. The predicted octanol–water partition coefficient (Wildman–Crippen LogP) is 5.26. The molecule has 26 heavy (non-hydrogen) atoms. The number of carbonyl (C=O) groups is 1. The monoisotopic (exact) mass is 382 g/mol. The molecule has 7 heteroatoms. The normalized spacial score (nSPS) is 10.0. The van der Waals surface area contributed by atoms with E-state index in [-0.39, 0.29) is 5.69 Å². The van der Waals surface area contributed by atoms with E-state index in [2.05, 4.69) is 15.6 Å². The minimum absolute atomic E-state index is 0.227. The van der Waals surface area contributed by atoms with Crippen LogP contribution >= 0.6 is 23.2 Å². The Kier molecular flexibility index (Phi) is 5.37. The van der Waals surface area contributed by atoms with Crippen molar-refractivity contribution in [3.63, 3.8) is 0 Å². The number of pyridine rings is 1. The van der Waals surface area contributed by atoms with Crippen LogP contribution in [0.4, 0.5) is 17.1 Å². The zero-order chi connectivity index (χ0) is 18.5. The van der Waals surface area contributed by atoms with Crippen LogP contribution in [0.3, 0.4) is 0 Å². The summed E-state index contributed by atoms with van der Waals surface area (Å²) in [4.78, 5) is 16.5. The van der Waals surface area contributed by atoms with Gasteiger partial charge in [-0.15, -0.1) is 0 Å². The van der Waals surface area contributed by atoms with Crippen LogP contribution < -0.4 is 10.6 Å². The molecule has 0 bridgehead atoms. The first-order valence-electron chi connectivity index (χ1n) is 7.55. The van der Waals surface area contributed by atoms with Gasteiger partial charge in [-0.2, -0.15) is 5.26 Å². The third kappa shape index (κ3) is 4.12. The van der Waals surface area contributed by atoms with Gasteiger partial charge in [0.2, 0.25) is 0 Å². The van der Waals surface area contributed by atoms with Crippen molar-refractivity contribution in [2.45, 2.75) is 0 Å². The number of aromatic nitrogens is 1. The third-order valence-corrected chi connectivity index (χ3v) is 4.05. The SMILES string of the molecule is N#Cc1ccccc1NC(=O)c1ccc(Nc2ccc(Cl)cc2Cl)cn1. The topological polar surface area (TPSA) is 77.8 Å². The van der Waals surface area contributed by atoms with Crippen LogP contribution in [0.1, 0.15) is 16.1 Å². The highest BCUT2D eigenvalue weighted by atomic mass is 35.5. The number of nitrogens with zero attached hydrogens (tertiary/aromatic N) is 2. The minimum atomic E-state index is -0.399. The molecule has 0 fully saturated rings. The Bertz CT molecular complexity index is 997. The van der Waals surface area contributed by atoms with Gasteiger partial charge in [-0.05, 0) is 42.5 Å². The minimum Gasteiger partial charge on any atom is -0.353 e. The number of nitriles is 1. The van der Waals surface area contributed by atoms with Gasteiger partial charge in [0.1, 0.15) is 11.8 Å². The maximum atomic E-state index is 12.3. The van der Waals surface area contributed by atoms with Crippen molar-refractivity contribution in [1.82, 2.24) is 4.98 Å². The zero-order valence-corrected chi connectivity index (χ0v) is 14.8. The molecule has 128 valence electrons. The standard InChI is InChI=1S/C19H12Cl2N4O/c20-13-5-7-17(15(21)9-13)24-14-6-8-18(23-11-14)19(26)25-16-4-2-1-3-12(16)10-22/h1-9,11,24H,(H,25,26). The van der Waals surface area contributed by atoms with Crippen LogP contribution in [0.15, 0.2) is 60.8 Å². The van der Waals surface area contributed by atoms with E-state index in [0.717, 1.165) is 0 Å². The average Bonchev–Trinajstić information content (AvgIpc) is 2.65. The summed E-state index contributed by atoms with van der Waals surface area (Å²) in [7, 11) is 0. The Labute approximate surface area is 160 Å². The van der Waals surface area contributed by atoms with E-state index in [9.17, 15) is 4.79 Å². The Morgan fingerprint density at radius 3 is 2.54 bits per heavy atom. The number of amides is 1. The molecule has 0 unspecified atom stereocenters. The zero-order valence-electron chi connectivity index (χ0n) is 13.3. The molecule has 0 saturated heterocycles. The highest BCUT2D eigenvalue weighted by Gasteiger charge is 2.10. The van der Waals surface area contributed by atoms with E-state index < -0.39 is 5.91 Å². The van der Waals surface area contributed by atoms with Crippen LogP contribution in [0, 0.1) is 11.3 Å². The number of benzene rings is 2. The first-order chi connectivity index (χ1) is 12.6. The van der Waals surface area contributed by atoms with E-state index in [1.165, 1.54) is 6.20 Å². The van der Waals surface area contributed by atoms with Crippen molar-refractivity contribution in [2.24, 2.45) is 0 Å². The van der Waals surface area contributed by atoms with Crippen molar-refractivity contribution in [3.8, 4) is 6.07 Å². The summed E-state index contributed by atoms with van der Waals surface area (Å²) in [5.74, 6) is -0.399. The maximum absolute atomic E-state index is 12.3. The summed E-state index contributed by atoms with van der Waals surface area (Å²) >= 11 is 12.0. The maximum Gasteiger partial charge on any atom is 0.274 e. The van der Waals surface area contributed by atoms with Gasteiger partial charge in [-0.25, -0.2) is 4.98 Å². The van der Waals surface area contributed by atoms with Gasteiger partial charge in [0.25, 0.3) is 5.91 Å². The number of rotatable bonds is 4. The van der Waals surface area contributed by atoms with Gasteiger partial charge in [0.05, 0.1) is 33.8 Å². The fourth-order valence-corrected chi connectivity index (χ4v) is 2.68. The fraction of sp³-hybridized carbons (Fsp3) is 0. The second kappa shape index (κ2) is 7.87. The number of anilines is 3. The van der Waals surface area contributed by atoms with Gasteiger partial charge in [0, 0.05) is 5.02 Å². The largest absolute Gasteiger partial charge is 0.353 e. The van der Waals surface area contributed by atoms with Crippen molar-refractivity contribution in [3.05, 3.63) is 82.1 Å². The summed E-state index contributed by atoms with van der Waals surface area (Å²) in [6.07, 6.45) is 1.52. The molecule has 2 N–H and O–H groups in total. The van der Waals surface area contributed by atoms with Crippen LogP contribution in [0.5, 0.6) is 0 Å². The van der Waals surface area contributed by atoms with Gasteiger partial charge in [0.15, 0.2) is 0 Å². The average molecular weight is 383 g/mol. The Balaban J connectivity index is 1.73. The van der Waals surface area contributed by atoms with Crippen molar-refractivity contribution >= 4 is 46.2 Å². The van der Waals surface area contributed by atoms with E-state index >= 15 is 0 Å². The molecule has 1 amide bonds. The summed E-state index contributed by atoms with van der Waals surface area (Å²) in [6.45, 7) is 0. The summed E-state index contributed by atoms with van der Waals surface area (Å²) < 4.78 is 0. The molecule has 0 spiro atoms. The molecule has 0 saturated carbocycles. The second-order valence-electron chi connectivity index (χ2n) is 5.29. The summed E-state index contributed by atoms with van der Waals surface area (Å²) in [5, 5.41) is 15.9. The van der Waals surface area contributed by atoms with Gasteiger partial charge in [-0.3, -0.25) is 4.79 Å². The number of nitrogens with one attached hydrogen (secondary N) is 2. The molecule has 3 rings (SSSR count). The number of hydrogen-bond donors (Lipinski definition) is 2. The lowest BCUT2D eigenvalue weighted by Gasteiger charge is -2.09. The number of halogens is 2. The molecule has 0 atom stereocenters. The number of para-hydroxylation sites is 1. The van der Waals surface area contributed by atoms with Gasteiger partial charge in [-0.1, -0.05) is 35.3 Å². The molecule has 0 aliphatic rings. The van der Waals surface area contributed by atoms with Crippen molar-refractivity contribution < 1.29 is 4.79 Å². The van der Waals surface area contributed by atoms with Crippen molar-refractivity contribution in [1.29, 1.82) is 5.26 Å². The highest BCUT2D eigenvalue weighted by Crippen LogP contribution is 2.28. The molecule has 2 aromatic carbocycles. The number of carbonyl (C=O) groups excluding carboxylic acids is 1. The molecule has 5 nitrogen and oxygen atoms in total. The molecular weight excluding hydrogens is 371 g/mol. The second-order valence-corrected chi connectivity index (χ2v) is 6.14. The van der Waals surface area contributed by atoms with E-state index in [0.29, 0.717) is 32.7 Å². The quantitative estimate of drug-likeness (QED) is 0.645. The smallest absolute Gasteiger partial charge is 0.274 e. The van der Waals surface area contributed by atoms with Crippen LogP contribution in [-0.4, -0.2) is 10.9 Å². The summed E-state index contributed by atoms with van der Waals surface area (Å²) in [5.41, 5.74) is 2.40. The van der Waals surface area contributed by atoms with Gasteiger partial charge >= 0.3 is 0 Å². The van der Waals surface area contributed by atoms with Crippen LogP contribution in [0.25, 0.3) is 0 Å². The van der Waals surface area contributed by atoms with E-state index in [1.54, 1.807) is 54.6 Å². The third-order valence-electron chi connectivity index (χ3n) is 3.50. The lowest BCUT2D eigenvalue weighted by atomic mass is 10.2. The van der Waals surface area contributed by atoms with E-state index in [1.807, 2.05) is 6.07 Å². The molecule has 1 heterocycles. The molecule has 0 radical (unpaired) electrons.